The first-order valence-corrected chi connectivity index (χ1v) is 12.8. The van der Waals surface area contributed by atoms with E-state index in [0.717, 1.165) is 16.9 Å². The molecule has 1 aromatic heterocycles. The van der Waals surface area contributed by atoms with Crippen LogP contribution in [0.3, 0.4) is 0 Å². The summed E-state index contributed by atoms with van der Waals surface area (Å²) in [4.78, 5) is 31.3. The normalized spacial score (nSPS) is 17.2. The van der Waals surface area contributed by atoms with Crippen LogP contribution in [-0.2, 0) is 10.2 Å². The molecule has 0 bridgehead atoms. The number of nitrogens with one attached hydrogen (secondary N) is 1. The summed E-state index contributed by atoms with van der Waals surface area (Å²) in [6.07, 6.45) is 3.90. The lowest BCUT2D eigenvalue weighted by Crippen LogP contribution is -2.46. The highest BCUT2D eigenvalue weighted by molar-refractivity contribution is 5.90. The first kappa shape index (κ1) is 27.1. The summed E-state index contributed by atoms with van der Waals surface area (Å²) >= 11 is 0. The number of nitrogens with zero attached hydrogens (tertiary/aromatic N) is 2. The molecule has 3 aromatic rings. The largest absolute Gasteiger partial charge is 0.490 e. The van der Waals surface area contributed by atoms with Gasteiger partial charge in [0.15, 0.2) is 17.4 Å². The van der Waals surface area contributed by atoms with E-state index in [1.54, 1.807) is 0 Å². The summed E-state index contributed by atoms with van der Waals surface area (Å²) in [5, 5.41) is 2.81. The molecule has 4 rings (SSSR count). The third-order valence-electron chi connectivity index (χ3n) is 6.44. The zero-order chi connectivity index (χ0) is 27.5. The van der Waals surface area contributed by atoms with Crippen LogP contribution in [0.5, 0.6) is 17.2 Å². The Morgan fingerprint density at radius 2 is 1.32 bits per heavy atom. The molecule has 1 amide bonds. The number of carbonyl (C=O) groups is 2. The highest BCUT2D eigenvalue weighted by Gasteiger charge is 2.34. The zero-order valence-electron chi connectivity index (χ0n) is 22.8. The summed E-state index contributed by atoms with van der Waals surface area (Å²) < 4.78 is 17.3. The highest BCUT2D eigenvalue weighted by Crippen LogP contribution is 2.35. The van der Waals surface area contributed by atoms with Crippen molar-refractivity contribution < 1.29 is 23.8 Å². The molecule has 2 aromatic carbocycles. The van der Waals surface area contributed by atoms with Gasteiger partial charge in [0.25, 0.3) is 0 Å². The Bertz CT molecular complexity index is 1260. The van der Waals surface area contributed by atoms with Gasteiger partial charge in [0.2, 0.25) is 0 Å². The lowest BCUT2D eigenvalue weighted by atomic mass is 9.78. The van der Waals surface area contributed by atoms with E-state index < -0.39 is 0 Å². The van der Waals surface area contributed by atoms with E-state index in [4.69, 9.17) is 14.2 Å². The van der Waals surface area contributed by atoms with Gasteiger partial charge in [-0.25, -0.2) is 14.8 Å². The number of rotatable bonds is 8. The van der Waals surface area contributed by atoms with E-state index in [9.17, 15) is 9.59 Å². The van der Waals surface area contributed by atoms with Crippen molar-refractivity contribution in [2.45, 2.75) is 77.5 Å². The number of benzene rings is 2. The van der Waals surface area contributed by atoms with Crippen LogP contribution in [0.1, 0.15) is 76.1 Å². The van der Waals surface area contributed by atoms with Gasteiger partial charge in [0.1, 0.15) is 23.7 Å². The fraction of sp³-hybridized carbons (Fsp3) is 0.400. The van der Waals surface area contributed by atoms with E-state index in [1.807, 2.05) is 57.2 Å². The molecule has 1 heterocycles. The highest BCUT2D eigenvalue weighted by atomic mass is 16.6. The lowest BCUT2D eigenvalue weighted by Gasteiger charge is -2.35. The van der Waals surface area contributed by atoms with Gasteiger partial charge in [-0.3, -0.25) is 4.79 Å². The molecule has 0 aliphatic heterocycles. The Balaban J connectivity index is 1.30. The molecule has 8 heteroatoms. The first-order chi connectivity index (χ1) is 17.9. The van der Waals surface area contributed by atoms with Gasteiger partial charge in [-0.1, -0.05) is 38.1 Å². The van der Waals surface area contributed by atoms with Crippen molar-refractivity contribution in [3.63, 3.8) is 0 Å². The molecule has 0 saturated heterocycles. The third kappa shape index (κ3) is 6.88. The molecule has 38 heavy (non-hydrogen) atoms. The molecular weight excluding hydrogens is 482 g/mol. The van der Waals surface area contributed by atoms with Crippen molar-refractivity contribution in [3.05, 3.63) is 77.9 Å². The fourth-order valence-corrected chi connectivity index (χ4v) is 4.13. The molecule has 1 aliphatic carbocycles. The van der Waals surface area contributed by atoms with Crippen molar-refractivity contribution in [3.8, 4) is 17.2 Å². The van der Waals surface area contributed by atoms with Gasteiger partial charge in [0, 0.05) is 30.7 Å². The predicted octanol–water partition coefficient (Wildman–Crippen LogP) is 6.23. The number of ether oxygens (including phenoxy) is 3. The minimum absolute atomic E-state index is 0.0397. The van der Waals surface area contributed by atoms with Crippen molar-refractivity contribution in [2.75, 3.05) is 0 Å². The molecule has 1 saturated carbocycles. The first-order valence-electron chi connectivity index (χ1n) is 12.8. The second-order valence-corrected chi connectivity index (χ2v) is 11.2. The standard InChI is InChI=1S/C30H35N3O5/c1-19(34)27-31-17-26(18-32-27)37-23-13-9-21(10-14-23)30(5,6)20-7-11-22(12-8-20)36-24-15-25(16-24)38-28(35)33-29(2,3)4/h7-14,17-18,24-25H,15-16H2,1-6H3,(H,33,35). The minimum atomic E-state index is -0.385. The Morgan fingerprint density at radius 3 is 1.82 bits per heavy atom. The van der Waals surface area contributed by atoms with E-state index >= 15 is 0 Å². The number of Topliss-reactive ketones (excluding diaryl/α,β-unsaturated/α-hetero) is 1. The number of carbonyl (C=O) groups excluding carboxylic acids is 2. The van der Waals surface area contributed by atoms with Crippen LogP contribution in [0, 0.1) is 0 Å². The van der Waals surface area contributed by atoms with E-state index in [2.05, 4.69) is 41.3 Å². The van der Waals surface area contributed by atoms with E-state index in [-0.39, 0.29) is 40.9 Å². The van der Waals surface area contributed by atoms with Gasteiger partial charge in [0.05, 0.1) is 12.4 Å². The number of amides is 1. The van der Waals surface area contributed by atoms with Crippen LogP contribution < -0.4 is 14.8 Å². The van der Waals surface area contributed by atoms with Crippen LogP contribution in [-0.4, -0.2) is 39.6 Å². The van der Waals surface area contributed by atoms with Gasteiger partial charge in [-0.2, -0.15) is 0 Å². The maximum atomic E-state index is 11.9. The van der Waals surface area contributed by atoms with Gasteiger partial charge < -0.3 is 19.5 Å². The quantitative estimate of drug-likeness (QED) is 0.354. The predicted molar refractivity (Wildman–Crippen MR) is 144 cm³/mol. The van der Waals surface area contributed by atoms with Crippen LogP contribution in [0.4, 0.5) is 4.79 Å². The van der Waals surface area contributed by atoms with Crippen LogP contribution >= 0.6 is 0 Å². The van der Waals surface area contributed by atoms with E-state index in [1.165, 1.54) is 19.3 Å². The molecule has 0 atom stereocenters. The van der Waals surface area contributed by atoms with Gasteiger partial charge >= 0.3 is 6.09 Å². The SMILES string of the molecule is CC(=O)c1ncc(Oc2ccc(C(C)(C)c3ccc(OC4CC(OC(=O)NC(C)(C)C)C4)cc3)cc2)cn1. The molecule has 1 fully saturated rings. The Kier molecular flexibility index (Phi) is 7.71. The number of aromatic nitrogens is 2. The Hall–Kier alpha value is -3.94. The summed E-state index contributed by atoms with van der Waals surface area (Å²) in [5.74, 6) is 1.90. The van der Waals surface area contributed by atoms with Crippen molar-refractivity contribution >= 4 is 11.9 Å². The summed E-state index contributed by atoms with van der Waals surface area (Å²) in [5.41, 5.74) is 1.73. The average Bonchev–Trinajstić information content (AvgIpc) is 2.82. The number of hydrogen-bond donors (Lipinski definition) is 1. The maximum Gasteiger partial charge on any atom is 0.407 e. The number of hydrogen-bond acceptors (Lipinski definition) is 7. The second kappa shape index (κ2) is 10.8. The molecule has 0 radical (unpaired) electrons. The molecular formula is C30H35N3O5. The molecule has 0 spiro atoms. The second-order valence-electron chi connectivity index (χ2n) is 11.2. The monoisotopic (exact) mass is 517 g/mol. The maximum absolute atomic E-state index is 11.9. The van der Waals surface area contributed by atoms with Crippen molar-refractivity contribution in [2.24, 2.45) is 0 Å². The minimum Gasteiger partial charge on any atom is -0.490 e. The Morgan fingerprint density at radius 1 is 0.789 bits per heavy atom. The van der Waals surface area contributed by atoms with Gasteiger partial charge in [-0.15, -0.1) is 0 Å². The van der Waals surface area contributed by atoms with Gasteiger partial charge in [-0.05, 0) is 56.2 Å². The average molecular weight is 518 g/mol. The topological polar surface area (TPSA) is 99.6 Å². The zero-order valence-corrected chi connectivity index (χ0v) is 22.8. The summed E-state index contributed by atoms with van der Waals surface area (Å²) in [6, 6.07) is 16.0. The molecule has 200 valence electrons. The third-order valence-corrected chi connectivity index (χ3v) is 6.44. The molecule has 8 nitrogen and oxygen atoms in total. The fourth-order valence-electron chi connectivity index (χ4n) is 4.13. The van der Waals surface area contributed by atoms with Crippen LogP contribution in [0.15, 0.2) is 60.9 Å². The number of ketones is 1. The molecule has 0 unspecified atom stereocenters. The Labute approximate surface area is 223 Å². The number of alkyl carbamates (subject to hydrolysis) is 1. The van der Waals surface area contributed by atoms with Crippen molar-refractivity contribution in [1.29, 1.82) is 0 Å². The van der Waals surface area contributed by atoms with Crippen LogP contribution in [0.2, 0.25) is 0 Å². The summed E-state index contributed by atoms with van der Waals surface area (Å²) in [6.45, 7) is 11.5. The van der Waals surface area contributed by atoms with Crippen molar-refractivity contribution in [1.82, 2.24) is 15.3 Å². The molecule has 1 aliphatic rings. The lowest BCUT2D eigenvalue weighted by molar-refractivity contribution is -0.0243. The van der Waals surface area contributed by atoms with E-state index in [0.29, 0.717) is 24.3 Å². The smallest absolute Gasteiger partial charge is 0.407 e. The molecule has 1 N–H and O–H groups in total. The summed E-state index contributed by atoms with van der Waals surface area (Å²) in [7, 11) is 0. The van der Waals surface area contributed by atoms with Crippen LogP contribution in [0.25, 0.3) is 0 Å².